The predicted octanol–water partition coefficient (Wildman–Crippen LogP) is 2.67. The highest BCUT2D eigenvalue weighted by Crippen LogP contribution is 2.63. The molecule has 6 heteroatoms. The molecule has 1 aliphatic rings. The summed E-state index contributed by atoms with van der Waals surface area (Å²) in [5.41, 5.74) is -0.893. The average Bonchev–Trinajstić information content (AvgIpc) is 1.98. The van der Waals surface area contributed by atoms with Crippen LogP contribution in [-0.4, -0.2) is 16.4 Å². The minimum atomic E-state index is -3.72. The third-order valence-electron chi connectivity index (χ3n) is 1.60. The molecule has 1 atom stereocenters. The standard InChI is InChI=1S/C6H9Cl2O3P/c1-6(2)5(8)4(3-7)12(9,10)11-6/h3H2,1-2H3,(H,9,10). The van der Waals surface area contributed by atoms with Gasteiger partial charge in [-0.25, -0.2) is 0 Å². The van der Waals surface area contributed by atoms with Gasteiger partial charge in [0.15, 0.2) is 0 Å². The van der Waals surface area contributed by atoms with Crippen molar-refractivity contribution in [3.63, 3.8) is 0 Å². The number of allylic oxidation sites excluding steroid dienone is 1. The van der Waals surface area contributed by atoms with E-state index in [9.17, 15) is 9.46 Å². The van der Waals surface area contributed by atoms with Gasteiger partial charge in [0.2, 0.25) is 0 Å². The van der Waals surface area contributed by atoms with Crippen LogP contribution in [0.25, 0.3) is 0 Å². The van der Waals surface area contributed by atoms with E-state index in [1.165, 1.54) is 0 Å². The molecule has 0 aromatic rings. The van der Waals surface area contributed by atoms with Gasteiger partial charge in [-0.3, -0.25) is 9.09 Å². The maximum atomic E-state index is 11.3. The summed E-state index contributed by atoms with van der Waals surface area (Å²) in [5.74, 6) is -0.0734. The van der Waals surface area contributed by atoms with E-state index in [1.54, 1.807) is 13.8 Å². The van der Waals surface area contributed by atoms with E-state index in [0.717, 1.165) is 0 Å². The van der Waals surface area contributed by atoms with Crippen LogP contribution in [0.5, 0.6) is 0 Å². The molecule has 0 saturated carbocycles. The van der Waals surface area contributed by atoms with Crippen LogP contribution < -0.4 is 0 Å². The Labute approximate surface area is 80.8 Å². The summed E-state index contributed by atoms with van der Waals surface area (Å²) < 4.78 is 16.2. The van der Waals surface area contributed by atoms with Crippen LogP contribution in [0, 0.1) is 0 Å². The molecule has 0 aromatic carbocycles. The van der Waals surface area contributed by atoms with Gasteiger partial charge in [0.05, 0.1) is 16.2 Å². The lowest BCUT2D eigenvalue weighted by molar-refractivity contribution is 0.151. The Morgan fingerprint density at radius 1 is 1.67 bits per heavy atom. The van der Waals surface area contributed by atoms with E-state index in [0.29, 0.717) is 0 Å². The quantitative estimate of drug-likeness (QED) is 0.557. The summed E-state index contributed by atoms with van der Waals surface area (Å²) in [6, 6.07) is 0. The third-order valence-corrected chi connectivity index (χ3v) is 4.64. The number of halogens is 2. The molecule has 1 N–H and O–H groups in total. The van der Waals surface area contributed by atoms with Crippen molar-refractivity contribution in [3.8, 4) is 0 Å². The molecule has 0 fully saturated rings. The van der Waals surface area contributed by atoms with Gasteiger partial charge in [0.25, 0.3) is 0 Å². The zero-order chi connectivity index (χ0) is 9.57. The first-order valence-electron chi connectivity index (χ1n) is 3.30. The van der Waals surface area contributed by atoms with Gasteiger partial charge in [0.1, 0.15) is 5.60 Å². The number of alkyl halides is 1. The predicted molar refractivity (Wildman–Crippen MR) is 48.6 cm³/mol. The molecular weight excluding hydrogens is 222 g/mol. The van der Waals surface area contributed by atoms with Gasteiger partial charge < -0.3 is 4.89 Å². The van der Waals surface area contributed by atoms with Gasteiger partial charge in [-0.15, -0.1) is 11.6 Å². The Hall–Kier alpha value is 0.470. The lowest BCUT2D eigenvalue weighted by atomic mass is 10.1. The van der Waals surface area contributed by atoms with Crippen molar-refractivity contribution in [1.29, 1.82) is 0 Å². The van der Waals surface area contributed by atoms with E-state index in [1.807, 2.05) is 0 Å². The molecule has 1 unspecified atom stereocenters. The molecule has 3 nitrogen and oxygen atoms in total. The van der Waals surface area contributed by atoms with Gasteiger partial charge in [-0.2, -0.15) is 0 Å². The van der Waals surface area contributed by atoms with E-state index >= 15 is 0 Å². The molecule has 0 aromatic heterocycles. The zero-order valence-electron chi connectivity index (χ0n) is 6.67. The first kappa shape index (κ1) is 10.6. The SMILES string of the molecule is CC1(C)OP(=O)(O)C(CCl)=C1Cl. The molecule has 0 amide bonds. The van der Waals surface area contributed by atoms with E-state index in [2.05, 4.69) is 0 Å². The van der Waals surface area contributed by atoms with Crippen molar-refractivity contribution in [2.45, 2.75) is 19.4 Å². The smallest absolute Gasteiger partial charge is 0.321 e. The van der Waals surface area contributed by atoms with Crippen LogP contribution >= 0.6 is 30.8 Å². The van der Waals surface area contributed by atoms with Crippen LogP contribution in [0.2, 0.25) is 0 Å². The highest BCUT2D eigenvalue weighted by molar-refractivity contribution is 7.58. The summed E-state index contributed by atoms with van der Waals surface area (Å²) in [4.78, 5) is 9.27. The lowest BCUT2D eigenvalue weighted by Crippen LogP contribution is -2.18. The fourth-order valence-corrected chi connectivity index (χ4v) is 3.63. The van der Waals surface area contributed by atoms with Crippen LogP contribution in [0.1, 0.15) is 13.8 Å². The Kier molecular flexibility index (Phi) is 2.64. The normalized spacial score (nSPS) is 34.4. The van der Waals surface area contributed by atoms with Crippen LogP contribution in [-0.2, 0) is 9.09 Å². The largest absolute Gasteiger partial charge is 0.358 e. The molecule has 1 aliphatic heterocycles. The molecule has 1 rings (SSSR count). The second kappa shape index (κ2) is 3.00. The summed E-state index contributed by atoms with van der Waals surface area (Å²) >= 11 is 11.3. The van der Waals surface area contributed by atoms with E-state index in [-0.39, 0.29) is 16.2 Å². The van der Waals surface area contributed by atoms with Crippen molar-refractivity contribution in [2.24, 2.45) is 0 Å². The molecule has 0 bridgehead atoms. The Morgan fingerprint density at radius 3 is 2.33 bits per heavy atom. The Bertz CT molecular complexity index is 285. The molecular formula is C6H9Cl2O3P. The highest BCUT2D eigenvalue weighted by Gasteiger charge is 2.46. The van der Waals surface area contributed by atoms with Crippen molar-refractivity contribution in [3.05, 3.63) is 10.3 Å². The minimum Gasteiger partial charge on any atom is -0.321 e. The van der Waals surface area contributed by atoms with Gasteiger partial charge in [-0.05, 0) is 13.8 Å². The first-order chi connectivity index (χ1) is 5.31. The topological polar surface area (TPSA) is 46.5 Å². The maximum Gasteiger partial charge on any atom is 0.358 e. The molecule has 70 valence electrons. The Balaban J connectivity index is 3.20. The van der Waals surface area contributed by atoms with Crippen LogP contribution in [0.15, 0.2) is 10.3 Å². The summed E-state index contributed by atoms with van der Waals surface area (Å²) in [6.07, 6.45) is 0. The zero-order valence-corrected chi connectivity index (χ0v) is 9.08. The fraction of sp³-hybridized carbons (Fsp3) is 0.667. The van der Waals surface area contributed by atoms with Crippen molar-refractivity contribution < 1.29 is 14.0 Å². The minimum absolute atomic E-state index is 0.0734. The van der Waals surface area contributed by atoms with E-state index in [4.69, 9.17) is 27.7 Å². The van der Waals surface area contributed by atoms with Gasteiger partial charge in [0, 0.05) is 0 Å². The summed E-state index contributed by atoms with van der Waals surface area (Å²) in [7, 11) is -3.72. The highest BCUT2D eigenvalue weighted by atomic mass is 35.5. The maximum absolute atomic E-state index is 11.3. The molecule has 0 saturated heterocycles. The Morgan fingerprint density at radius 2 is 2.17 bits per heavy atom. The number of hydrogen-bond acceptors (Lipinski definition) is 2. The van der Waals surface area contributed by atoms with Gasteiger partial charge >= 0.3 is 7.60 Å². The second-order valence-electron chi connectivity index (χ2n) is 3.02. The first-order valence-corrected chi connectivity index (χ1v) is 5.79. The third kappa shape index (κ3) is 1.57. The number of rotatable bonds is 1. The summed E-state index contributed by atoms with van der Waals surface area (Å²) in [5, 5.41) is 0.346. The second-order valence-corrected chi connectivity index (χ2v) is 5.42. The monoisotopic (exact) mass is 230 g/mol. The van der Waals surface area contributed by atoms with Crippen molar-refractivity contribution >= 4 is 30.8 Å². The molecule has 0 aliphatic carbocycles. The van der Waals surface area contributed by atoms with Gasteiger partial charge in [-0.1, -0.05) is 11.6 Å². The lowest BCUT2D eigenvalue weighted by Gasteiger charge is -2.17. The average molecular weight is 231 g/mol. The van der Waals surface area contributed by atoms with Crippen LogP contribution in [0.4, 0.5) is 0 Å². The van der Waals surface area contributed by atoms with E-state index < -0.39 is 13.2 Å². The molecule has 1 heterocycles. The van der Waals surface area contributed by atoms with Crippen LogP contribution in [0.3, 0.4) is 0 Å². The molecule has 0 spiro atoms. The van der Waals surface area contributed by atoms with Crippen molar-refractivity contribution in [1.82, 2.24) is 0 Å². The number of hydrogen-bond donors (Lipinski definition) is 1. The summed E-state index contributed by atoms with van der Waals surface area (Å²) in [6.45, 7) is 3.25. The van der Waals surface area contributed by atoms with Crippen molar-refractivity contribution in [2.75, 3.05) is 5.88 Å². The molecule has 12 heavy (non-hydrogen) atoms. The fourth-order valence-electron chi connectivity index (χ4n) is 1.01. The molecule has 0 radical (unpaired) electrons.